The fourth-order valence-corrected chi connectivity index (χ4v) is 7.21. The van der Waals surface area contributed by atoms with Crippen molar-refractivity contribution in [3.63, 3.8) is 0 Å². The van der Waals surface area contributed by atoms with E-state index in [0.717, 1.165) is 20.2 Å². The van der Waals surface area contributed by atoms with Crippen molar-refractivity contribution in [1.29, 1.82) is 0 Å². The van der Waals surface area contributed by atoms with Crippen molar-refractivity contribution in [2.45, 2.75) is 28.7 Å². The Hall–Kier alpha value is -4.30. The summed E-state index contributed by atoms with van der Waals surface area (Å²) in [7, 11) is -5.28. The van der Waals surface area contributed by atoms with Crippen LogP contribution in [0.5, 0.6) is 11.5 Å². The number of anilines is 1. The Labute approximate surface area is 249 Å². The second kappa shape index (κ2) is 11.8. The Kier molecular flexibility index (Phi) is 8.25. The number of rotatable bonds is 10. The summed E-state index contributed by atoms with van der Waals surface area (Å²) in [6, 6.07) is 20.8. The van der Waals surface area contributed by atoms with Gasteiger partial charge in [-0.05, 0) is 71.3 Å². The van der Waals surface area contributed by atoms with E-state index in [9.17, 15) is 26.4 Å². The first-order valence-corrected chi connectivity index (χ1v) is 16.1. The number of primary sulfonamides is 1. The molecule has 0 aromatic heterocycles. The molecule has 0 aliphatic carbocycles. The van der Waals surface area contributed by atoms with Gasteiger partial charge >= 0.3 is 0 Å². The number of nitrogens with two attached hydrogens (primary N) is 1. The van der Waals surface area contributed by atoms with Crippen molar-refractivity contribution in [3.05, 3.63) is 90.5 Å². The lowest BCUT2D eigenvalue weighted by Gasteiger charge is -2.27. The number of fused-ring (bicyclic) bond motifs is 1. The molecule has 1 aliphatic rings. The van der Waals surface area contributed by atoms with E-state index in [-0.39, 0.29) is 28.4 Å². The number of hydrogen-bond acceptors (Lipinski definition) is 8. The predicted octanol–water partition coefficient (Wildman–Crippen LogP) is 3.07. The number of carbonyl (C=O) groups excluding carboxylic acids is 2. The molecule has 43 heavy (non-hydrogen) atoms. The highest BCUT2D eigenvalue weighted by molar-refractivity contribution is 7.89. The number of carbonyl (C=O) groups is 2. The van der Waals surface area contributed by atoms with Gasteiger partial charge in [-0.15, -0.1) is 0 Å². The summed E-state index contributed by atoms with van der Waals surface area (Å²) in [5.74, 6) is -0.397. The Morgan fingerprint density at radius 3 is 2.12 bits per heavy atom. The Morgan fingerprint density at radius 2 is 1.47 bits per heavy atom. The standard InChI is InChI=1S/C30H29N3O8S2/c1-40-27-14-7-20(17-28(27)41-2)15-16-32(43(38,39)25-11-8-21-5-3-4-6-22(21)18-25)26-19-29(34)33(30(26)35)23-9-12-24(13-10-23)42(31,36)37/h3-14,17-18,26H,15-16,19H2,1-2H3,(H2,31,36,37). The maximum Gasteiger partial charge on any atom is 0.252 e. The van der Waals surface area contributed by atoms with E-state index in [0.29, 0.717) is 16.9 Å². The number of nitrogens with zero attached hydrogens (tertiary/aromatic N) is 2. The van der Waals surface area contributed by atoms with Crippen molar-refractivity contribution in [2.24, 2.45) is 5.14 Å². The van der Waals surface area contributed by atoms with Crippen LogP contribution in [0.2, 0.25) is 0 Å². The summed E-state index contributed by atoms with van der Waals surface area (Å²) in [6.07, 6.45) is -0.192. The van der Waals surface area contributed by atoms with Gasteiger partial charge in [0.05, 0.1) is 36.1 Å². The molecule has 1 aliphatic heterocycles. The zero-order valence-corrected chi connectivity index (χ0v) is 25.0. The Balaban J connectivity index is 1.52. The predicted molar refractivity (Wildman–Crippen MR) is 160 cm³/mol. The third-order valence-electron chi connectivity index (χ3n) is 7.29. The summed E-state index contributed by atoms with van der Waals surface area (Å²) in [5.41, 5.74) is 0.830. The molecule has 5 rings (SSSR count). The van der Waals surface area contributed by atoms with Gasteiger partial charge in [-0.3, -0.25) is 9.59 Å². The van der Waals surface area contributed by atoms with Gasteiger partial charge in [0.1, 0.15) is 6.04 Å². The van der Waals surface area contributed by atoms with Gasteiger partial charge in [0, 0.05) is 6.54 Å². The first-order chi connectivity index (χ1) is 20.4. The number of ether oxygens (including phenoxy) is 2. The lowest BCUT2D eigenvalue weighted by molar-refractivity contribution is -0.122. The molecule has 13 heteroatoms. The van der Waals surface area contributed by atoms with Crippen molar-refractivity contribution in [1.82, 2.24) is 4.31 Å². The first kappa shape index (κ1) is 30.2. The van der Waals surface area contributed by atoms with Gasteiger partial charge in [0.15, 0.2) is 11.5 Å². The molecule has 0 spiro atoms. The highest BCUT2D eigenvalue weighted by Crippen LogP contribution is 2.32. The molecule has 2 amide bonds. The lowest BCUT2D eigenvalue weighted by Crippen LogP contribution is -2.46. The van der Waals surface area contributed by atoms with Gasteiger partial charge in [-0.2, -0.15) is 4.31 Å². The zero-order chi connectivity index (χ0) is 30.9. The maximum atomic E-state index is 14.2. The molecule has 11 nitrogen and oxygen atoms in total. The third-order valence-corrected chi connectivity index (χ3v) is 10.1. The molecule has 1 heterocycles. The van der Waals surface area contributed by atoms with Crippen molar-refractivity contribution < 1.29 is 35.9 Å². The SMILES string of the molecule is COc1ccc(CCN(C2CC(=O)N(c3ccc(S(N)(=O)=O)cc3)C2=O)S(=O)(=O)c2ccc3ccccc3c2)cc1OC. The van der Waals surface area contributed by atoms with Crippen LogP contribution in [-0.4, -0.2) is 59.8 Å². The molecule has 0 radical (unpaired) electrons. The average Bonchev–Trinajstić information content (AvgIpc) is 3.29. The molecule has 4 aromatic carbocycles. The topological polar surface area (TPSA) is 153 Å². The van der Waals surface area contributed by atoms with E-state index in [1.165, 1.54) is 44.6 Å². The van der Waals surface area contributed by atoms with Gasteiger partial charge in [-0.1, -0.05) is 36.4 Å². The van der Waals surface area contributed by atoms with Gasteiger partial charge in [0.25, 0.3) is 5.91 Å². The molecular weight excluding hydrogens is 594 g/mol. The number of hydrogen-bond donors (Lipinski definition) is 1. The quantitative estimate of drug-likeness (QED) is 0.265. The molecule has 1 saturated heterocycles. The number of benzene rings is 4. The average molecular weight is 624 g/mol. The van der Waals surface area contributed by atoms with E-state index in [1.54, 1.807) is 42.5 Å². The highest BCUT2D eigenvalue weighted by Gasteiger charge is 2.47. The molecule has 2 N–H and O–H groups in total. The second-order valence-electron chi connectivity index (χ2n) is 9.89. The number of amides is 2. The Morgan fingerprint density at radius 1 is 0.814 bits per heavy atom. The van der Waals surface area contributed by atoms with Crippen LogP contribution in [0.3, 0.4) is 0 Å². The fraction of sp³-hybridized carbons (Fsp3) is 0.200. The van der Waals surface area contributed by atoms with Crippen LogP contribution in [0.15, 0.2) is 94.7 Å². The van der Waals surface area contributed by atoms with Gasteiger partial charge in [0.2, 0.25) is 26.0 Å². The number of sulfonamides is 2. The summed E-state index contributed by atoms with van der Waals surface area (Å²) in [5, 5.41) is 6.72. The summed E-state index contributed by atoms with van der Waals surface area (Å²) >= 11 is 0. The molecule has 0 saturated carbocycles. The molecular formula is C30H29N3O8S2. The molecule has 0 bridgehead atoms. The second-order valence-corrected chi connectivity index (χ2v) is 13.3. The maximum absolute atomic E-state index is 14.2. The van der Waals surface area contributed by atoms with Gasteiger partial charge in [-0.25, -0.2) is 26.9 Å². The van der Waals surface area contributed by atoms with Crippen LogP contribution in [0.4, 0.5) is 5.69 Å². The van der Waals surface area contributed by atoms with Gasteiger partial charge < -0.3 is 9.47 Å². The minimum absolute atomic E-state index is 0.0188. The van der Waals surface area contributed by atoms with Crippen molar-refractivity contribution >= 4 is 48.3 Å². The van der Waals surface area contributed by atoms with Crippen LogP contribution < -0.4 is 19.5 Å². The van der Waals surface area contributed by atoms with Crippen LogP contribution in [0, 0.1) is 0 Å². The molecule has 1 atom stereocenters. The third kappa shape index (κ3) is 5.97. The summed E-state index contributed by atoms with van der Waals surface area (Å²) in [4.78, 5) is 27.6. The molecule has 1 unspecified atom stereocenters. The smallest absolute Gasteiger partial charge is 0.252 e. The van der Waals surface area contributed by atoms with E-state index in [4.69, 9.17) is 14.6 Å². The minimum Gasteiger partial charge on any atom is -0.493 e. The van der Waals surface area contributed by atoms with Crippen LogP contribution in [-0.2, 0) is 36.1 Å². The number of imide groups is 1. The van der Waals surface area contributed by atoms with E-state index < -0.39 is 44.3 Å². The first-order valence-electron chi connectivity index (χ1n) is 13.2. The normalized spacial score (nSPS) is 15.8. The molecule has 4 aromatic rings. The van der Waals surface area contributed by atoms with E-state index >= 15 is 0 Å². The van der Waals surface area contributed by atoms with E-state index in [1.807, 2.05) is 12.1 Å². The Bertz CT molecular complexity index is 1930. The highest BCUT2D eigenvalue weighted by atomic mass is 32.2. The largest absolute Gasteiger partial charge is 0.493 e. The van der Waals surface area contributed by atoms with Crippen LogP contribution >= 0.6 is 0 Å². The lowest BCUT2D eigenvalue weighted by atomic mass is 10.1. The minimum atomic E-state index is -4.28. The van der Waals surface area contributed by atoms with Crippen molar-refractivity contribution in [3.8, 4) is 11.5 Å². The molecule has 224 valence electrons. The molecule has 1 fully saturated rings. The fourth-order valence-electron chi connectivity index (χ4n) is 5.08. The van der Waals surface area contributed by atoms with Crippen LogP contribution in [0.1, 0.15) is 12.0 Å². The zero-order valence-electron chi connectivity index (χ0n) is 23.3. The van der Waals surface area contributed by atoms with Crippen molar-refractivity contribution in [2.75, 3.05) is 25.7 Å². The van der Waals surface area contributed by atoms with Crippen LogP contribution in [0.25, 0.3) is 10.8 Å². The monoisotopic (exact) mass is 623 g/mol. The van der Waals surface area contributed by atoms with E-state index in [2.05, 4.69) is 0 Å². The number of methoxy groups -OCH3 is 2. The summed E-state index contributed by atoms with van der Waals surface area (Å²) in [6.45, 7) is -0.119. The summed E-state index contributed by atoms with van der Waals surface area (Å²) < 4.78 is 63.4.